The fourth-order valence-corrected chi connectivity index (χ4v) is 3.87. The Morgan fingerprint density at radius 2 is 2.07 bits per heavy atom. The number of nitrogens with zero attached hydrogens (tertiary/aromatic N) is 6. The van der Waals surface area contributed by atoms with Gasteiger partial charge in [-0.15, -0.1) is 11.3 Å². The third kappa shape index (κ3) is 4.17. The minimum Gasteiger partial charge on any atom is -0.336 e. The molecule has 0 N–H and O–H groups in total. The maximum absolute atomic E-state index is 12.8. The van der Waals surface area contributed by atoms with E-state index in [0.29, 0.717) is 30.1 Å². The number of pyridine rings is 2. The highest BCUT2D eigenvalue weighted by Gasteiger charge is 2.16. The number of hydrogen-bond donors (Lipinski definition) is 0. The second kappa shape index (κ2) is 8.08. The van der Waals surface area contributed by atoms with Gasteiger partial charge in [-0.25, -0.2) is 15.0 Å². The average molecular weight is 407 g/mol. The number of carbonyl (C=O) groups excluding carboxylic acids is 1. The molecule has 4 rings (SSSR count). The van der Waals surface area contributed by atoms with Crippen LogP contribution in [0.25, 0.3) is 11.2 Å². The third-order valence-corrected chi connectivity index (χ3v) is 5.76. The summed E-state index contributed by atoms with van der Waals surface area (Å²) < 4.78 is 1.93. The molecule has 0 spiro atoms. The summed E-state index contributed by atoms with van der Waals surface area (Å²) in [5, 5.41) is 3.10. The molecule has 4 aromatic rings. The number of amides is 1. The monoisotopic (exact) mass is 406 g/mol. The number of imidazole rings is 1. The van der Waals surface area contributed by atoms with E-state index in [1.807, 2.05) is 28.1 Å². The fourth-order valence-electron chi connectivity index (χ4n) is 3.04. The first-order chi connectivity index (χ1) is 14.0. The lowest BCUT2D eigenvalue weighted by Gasteiger charge is -2.15. The lowest BCUT2D eigenvalue weighted by Crippen LogP contribution is -2.26. The smallest absolute Gasteiger partial charge is 0.255 e. The molecule has 0 aliphatic rings. The van der Waals surface area contributed by atoms with Gasteiger partial charge >= 0.3 is 0 Å². The molecule has 8 heteroatoms. The fraction of sp³-hybridized carbons (Fsp3) is 0.286. The van der Waals surface area contributed by atoms with Crippen LogP contribution in [0.3, 0.4) is 0 Å². The van der Waals surface area contributed by atoms with E-state index in [9.17, 15) is 4.79 Å². The molecule has 0 aromatic carbocycles. The van der Waals surface area contributed by atoms with E-state index < -0.39 is 0 Å². The zero-order chi connectivity index (χ0) is 20.4. The van der Waals surface area contributed by atoms with Crippen LogP contribution in [0, 0.1) is 0 Å². The van der Waals surface area contributed by atoms with Crippen LogP contribution in [-0.2, 0) is 13.1 Å². The molecule has 0 saturated carbocycles. The van der Waals surface area contributed by atoms with Crippen LogP contribution in [0.1, 0.15) is 46.5 Å². The van der Waals surface area contributed by atoms with Gasteiger partial charge < -0.3 is 9.47 Å². The van der Waals surface area contributed by atoms with Crippen LogP contribution in [0.4, 0.5) is 0 Å². The van der Waals surface area contributed by atoms with Gasteiger partial charge in [0.05, 0.1) is 41.4 Å². The van der Waals surface area contributed by atoms with Crippen molar-refractivity contribution in [2.45, 2.75) is 32.9 Å². The molecule has 0 aliphatic heterocycles. The van der Waals surface area contributed by atoms with Crippen LogP contribution in [0.5, 0.6) is 0 Å². The molecule has 0 unspecified atom stereocenters. The number of hydrogen-bond acceptors (Lipinski definition) is 6. The van der Waals surface area contributed by atoms with Crippen molar-refractivity contribution in [2.75, 3.05) is 7.05 Å². The molecular weight excluding hydrogens is 384 g/mol. The molecule has 0 aliphatic carbocycles. The molecule has 0 bridgehead atoms. The van der Waals surface area contributed by atoms with Gasteiger partial charge in [0.1, 0.15) is 5.52 Å². The van der Waals surface area contributed by atoms with E-state index in [4.69, 9.17) is 0 Å². The molecule has 7 nitrogen and oxygen atoms in total. The number of thiazole rings is 1. The van der Waals surface area contributed by atoms with Gasteiger partial charge in [-0.05, 0) is 18.2 Å². The molecule has 4 aromatic heterocycles. The lowest BCUT2D eigenvalue weighted by molar-refractivity contribution is 0.0783. The van der Waals surface area contributed by atoms with Gasteiger partial charge in [-0.1, -0.05) is 19.9 Å². The summed E-state index contributed by atoms with van der Waals surface area (Å²) in [6.45, 7) is 5.28. The van der Waals surface area contributed by atoms with Crippen LogP contribution < -0.4 is 0 Å². The molecule has 29 heavy (non-hydrogen) atoms. The Labute approximate surface area is 173 Å². The highest BCUT2D eigenvalue weighted by molar-refractivity contribution is 7.09. The lowest BCUT2D eigenvalue weighted by atomic mass is 10.2. The number of rotatable bonds is 6. The Morgan fingerprint density at radius 3 is 2.79 bits per heavy atom. The van der Waals surface area contributed by atoms with Gasteiger partial charge in [0.15, 0.2) is 5.65 Å². The van der Waals surface area contributed by atoms with Gasteiger partial charge in [0.25, 0.3) is 5.91 Å². The van der Waals surface area contributed by atoms with Crippen molar-refractivity contribution in [2.24, 2.45) is 0 Å². The molecule has 4 heterocycles. The van der Waals surface area contributed by atoms with Crippen LogP contribution in [-0.4, -0.2) is 42.4 Å². The topological polar surface area (TPSA) is 76.8 Å². The van der Waals surface area contributed by atoms with E-state index in [-0.39, 0.29) is 5.91 Å². The predicted molar refractivity (Wildman–Crippen MR) is 113 cm³/mol. The Balaban J connectivity index is 1.50. The first-order valence-electron chi connectivity index (χ1n) is 9.42. The number of aromatic nitrogens is 5. The summed E-state index contributed by atoms with van der Waals surface area (Å²) in [5.74, 6) is 0.292. The van der Waals surface area contributed by atoms with Crippen molar-refractivity contribution in [1.29, 1.82) is 0 Å². The Hall–Kier alpha value is -3.13. The maximum Gasteiger partial charge on any atom is 0.255 e. The standard InChI is InChI=1S/C21H22N6OS/c1-14(2)20-25-17(12-29-20)10-26(3)21(28)15-8-18-19(23-9-15)27(13-24-18)11-16-6-4-5-7-22-16/h4-9,12-14H,10-11H2,1-3H3. The highest BCUT2D eigenvalue weighted by atomic mass is 32.1. The van der Waals surface area contributed by atoms with E-state index >= 15 is 0 Å². The first-order valence-corrected chi connectivity index (χ1v) is 10.3. The van der Waals surface area contributed by atoms with E-state index in [0.717, 1.165) is 22.0 Å². The average Bonchev–Trinajstić information content (AvgIpc) is 3.35. The van der Waals surface area contributed by atoms with Crippen molar-refractivity contribution in [1.82, 2.24) is 29.4 Å². The van der Waals surface area contributed by atoms with Crippen molar-refractivity contribution in [3.05, 3.63) is 70.3 Å². The quantitative estimate of drug-likeness (QED) is 0.488. The van der Waals surface area contributed by atoms with Gasteiger partial charge in [0, 0.05) is 30.7 Å². The number of carbonyl (C=O) groups is 1. The molecular formula is C21H22N6OS. The summed E-state index contributed by atoms with van der Waals surface area (Å²) in [6, 6.07) is 7.59. The molecule has 148 valence electrons. The van der Waals surface area contributed by atoms with E-state index in [1.54, 1.807) is 48.1 Å². The van der Waals surface area contributed by atoms with E-state index in [2.05, 4.69) is 33.8 Å². The van der Waals surface area contributed by atoms with Crippen LogP contribution >= 0.6 is 11.3 Å². The Morgan fingerprint density at radius 1 is 1.21 bits per heavy atom. The second-order valence-electron chi connectivity index (χ2n) is 7.25. The van der Waals surface area contributed by atoms with E-state index in [1.165, 1.54) is 0 Å². The molecule has 0 saturated heterocycles. The van der Waals surface area contributed by atoms with Crippen molar-refractivity contribution in [3.63, 3.8) is 0 Å². The largest absolute Gasteiger partial charge is 0.336 e. The van der Waals surface area contributed by atoms with Crippen molar-refractivity contribution in [3.8, 4) is 0 Å². The minimum absolute atomic E-state index is 0.0993. The zero-order valence-corrected chi connectivity index (χ0v) is 17.4. The second-order valence-corrected chi connectivity index (χ2v) is 8.14. The van der Waals surface area contributed by atoms with Gasteiger partial charge in [-0.2, -0.15) is 0 Å². The summed E-state index contributed by atoms with van der Waals surface area (Å²) in [6.07, 6.45) is 5.10. The normalized spacial score (nSPS) is 11.3. The summed E-state index contributed by atoms with van der Waals surface area (Å²) >= 11 is 1.63. The van der Waals surface area contributed by atoms with Crippen molar-refractivity contribution < 1.29 is 4.79 Å². The van der Waals surface area contributed by atoms with Crippen molar-refractivity contribution >= 4 is 28.4 Å². The minimum atomic E-state index is -0.0993. The number of fused-ring (bicyclic) bond motifs is 1. The van der Waals surface area contributed by atoms with Crippen LogP contribution in [0.2, 0.25) is 0 Å². The summed E-state index contributed by atoms with van der Waals surface area (Å²) in [7, 11) is 1.78. The Bertz CT molecular complexity index is 1130. The third-order valence-electron chi connectivity index (χ3n) is 4.57. The summed E-state index contributed by atoms with van der Waals surface area (Å²) in [5.41, 5.74) is 3.77. The molecule has 0 fully saturated rings. The Kier molecular flexibility index (Phi) is 5.35. The maximum atomic E-state index is 12.8. The highest BCUT2D eigenvalue weighted by Crippen LogP contribution is 2.20. The zero-order valence-electron chi connectivity index (χ0n) is 16.6. The predicted octanol–water partition coefficient (Wildman–Crippen LogP) is 3.73. The summed E-state index contributed by atoms with van der Waals surface area (Å²) in [4.78, 5) is 32.4. The van der Waals surface area contributed by atoms with Gasteiger partial charge in [-0.3, -0.25) is 9.78 Å². The molecule has 0 radical (unpaired) electrons. The van der Waals surface area contributed by atoms with Crippen LogP contribution in [0.15, 0.2) is 48.4 Å². The first kappa shape index (κ1) is 19.2. The molecule has 0 atom stereocenters. The SMILES string of the molecule is CC(C)c1nc(CN(C)C(=O)c2cnc3c(c2)ncn3Cc2ccccn2)cs1. The van der Waals surface area contributed by atoms with Gasteiger partial charge in [0.2, 0.25) is 0 Å². The molecule has 1 amide bonds.